The molecule has 1 rings (SSSR count). The fourth-order valence-electron chi connectivity index (χ4n) is 1.44. The Balaban J connectivity index is 3.11. The summed E-state index contributed by atoms with van der Waals surface area (Å²) < 4.78 is 25.7. The van der Waals surface area contributed by atoms with E-state index in [1.807, 2.05) is 6.92 Å². The number of rotatable bonds is 5. The standard InChI is InChI=1S/C11H17NO3S/c1-3-10(13)8-9-6-4-5-7-11(9)16(14,15)12-2/h4-7,10,12-13H,3,8H2,1-2H3. The summed E-state index contributed by atoms with van der Waals surface area (Å²) in [5.74, 6) is 0. The van der Waals surface area contributed by atoms with E-state index in [1.165, 1.54) is 7.05 Å². The molecule has 0 heterocycles. The molecule has 1 atom stereocenters. The first-order valence-corrected chi connectivity index (χ1v) is 6.69. The summed E-state index contributed by atoms with van der Waals surface area (Å²) in [4.78, 5) is 0.241. The van der Waals surface area contributed by atoms with Gasteiger partial charge >= 0.3 is 0 Å². The molecule has 2 N–H and O–H groups in total. The summed E-state index contributed by atoms with van der Waals surface area (Å²) in [5.41, 5.74) is 0.645. The summed E-state index contributed by atoms with van der Waals surface area (Å²) in [6.07, 6.45) is 0.454. The first kappa shape index (κ1) is 13.2. The van der Waals surface area contributed by atoms with Gasteiger partial charge in [0.1, 0.15) is 0 Å². The molecule has 5 heteroatoms. The molecule has 0 bridgehead atoms. The van der Waals surface area contributed by atoms with Crippen molar-refractivity contribution in [2.75, 3.05) is 7.05 Å². The van der Waals surface area contributed by atoms with Crippen molar-refractivity contribution in [3.05, 3.63) is 29.8 Å². The molecular weight excluding hydrogens is 226 g/mol. The van der Waals surface area contributed by atoms with Crippen molar-refractivity contribution in [2.45, 2.75) is 30.8 Å². The van der Waals surface area contributed by atoms with Crippen molar-refractivity contribution in [3.63, 3.8) is 0 Å². The lowest BCUT2D eigenvalue weighted by Gasteiger charge is -2.12. The van der Waals surface area contributed by atoms with E-state index in [9.17, 15) is 13.5 Å². The number of aliphatic hydroxyl groups is 1. The van der Waals surface area contributed by atoms with Crippen LogP contribution in [0.5, 0.6) is 0 Å². The van der Waals surface area contributed by atoms with E-state index in [2.05, 4.69) is 4.72 Å². The third-order valence-corrected chi connectivity index (χ3v) is 3.97. The molecule has 4 nitrogen and oxygen atoms in total. The van der Waals surface area contributed by atoms with Crippen LogP contribution in [-0.4, -0.2) is 26.7 Å². The van der Waals surface area contributed by atoms with Crippen molar-refractivity contribution in [2.24, 2.45) is 0 Å². The molecule has 90 valence electrons. The van der Waals surface area contributed by atoms with Gasteiger partial charge in [0.15, 0.2) is 0 Å². The number of benzene rings is 1. The summed E-state index contributed by atoms with van der Waals surface area (Å²) in [6, 6.07) is 6.71. The summed E-state index contributed by atoms with van der Waals surface area (Å²) in [7, 11) is -2.07. The second-order valence-electron chi connectivity index (χ2n) is 3.58. The number of hydrogen-bond acceptors (Lipinski definition) is 3. The van der Waals surface area contributed by atoms with Gasteiger partial charge in [-0.1, -0.05) is 25.1 Å². The molecule has 1 aromatic rings. The van der Waals surface area contributed by atoms with Crippen molar-refractivity contribution >= 4 is 10.0 Å². The lowest BCUT2D eigenvalue weighted by Crippen LogP contribution is -2.21. The lowest BCUT2D eigenvalue weighted by molar-refractivity contribution is 0.170. The summed E-state index contributed by atoms with van der Waals surface area (Å²) >= 11 is 0. The molecule has 0 aliphatic carbocycles. The Bertz CT molecular complexity index is 442. The minimum absolute atomic E-state index is 0.241. The first-order chi connectivity index (χ1) is 7.51. The molecule has 0 aliphatic rings. The largest absolute Gasteiger partial charge is 0.393 e. The molecule has 1 aromatic carbocycles. The fraction of sp³-hybridized carbons (Fsp3) is 0.455. The fourth-order valence-corrected chi connectivity index (χ4v) is 2.42. The smallest absolute Gasteiger partial charge is 0.240 e. The van der Waals surface area contributed by atoms with E-state index in [-0.39, 0.29) is 4.90 Å². The summed E-state index contributed by atoms with van der Waals surface area (Å²) in [5, 5.41) is 9.56. The number of nitrogens with one attached hydrogen (secondary N) is 1. The van der Waals surface area contributed by atoms with Crippen LogP contribution in [0.4, 0.5) is 0 Å². The van der Waals surface area contributed by atoms with Gasteiger partial charge in [0.2, 0.25) is 10.0 Å². The Hall–Kier alpha value is -0.910. The Morgan fingerprint density at radius 2 is 2.00 bits per heavy atom. The van der Waals surface area contributed by atoms with Gasteiger partial charge in [0.25, 0.3) is 0 Å². The lowest BCUT2D eigenvalue weighted by atomic mass is 10.1. The van der Waals surface area contributed by atoms with Crippen molar-refractivity contribution in [1.29, 1.82) is 0 Å². The minimum Gasteiger partial charge on any atom is -0.393 e. The highest BCUT2D eigenvalue weighted by Gasteiger charge is 2.17. The normalized spacial score (nSPS) is 13.7. The van der Waals surface area contributed by atoms with Gasteiger partial charge in [-0.2, -0.15) is 0 Å². The topological polar surface area (TPSA) is 66.4 Å². The van der Waals surface area contributed by atoms with Crippen LogP contribution in [0.2, 0.25) is 0 Å². The van der Waals surface area contributed by atoms with Gasteiger partial charge in [-0.25, -0.2) is 13.1 Å². The maximum absolute atomic E-state index is 11.7. The Morgan fingerprint density at radius 3 is 2.56 bits per heavy atom. The van der Waals surface area contributed by atoms with Crippen LogP contribution in [0.25, 0.3) is 0 Å². The van der Waals surface area contributed by atoms with Gasteiger partial charge in [-0.15, -0.1) is 0 Å². The van der Waals surface area contributed by atoms with Crippen molar-refractivity contribution in [1.82, 2.24) is 4.72 Å². The second-order valence-corrected chi connectivity index (χ2v) is 5.44. The maximum atomic E-state index is 11.7. The van der Waals surface area contributed by atoms with Crippen molar-refractivity contribution in [3.8, 4) is 0 Å². The average Bonchev–Trinajstić information content (AvgIpc) is 2.29. The second kappa shape index (κ2) is 5.43. The van der Waals surface area contributed by atoms with E-state index >= 15 is 0 Å². The molecule has 0 saturated carbocycles. The van der Waals surface area contributed by atoms with Crippen LogP contribution in [0.3, 0.4) is 0 Å². The zero-order chi connectivity index (χ0) is 12.2. The van der Waals surface area contributed by atoms with Crippen LogP contribution >= 0.6 is 0 Å². The van der Waals surface area contributed by atoms with E-state index in [0.717, 1.165) is 0 Å². The van der Waals surface area contributed by atoms with E-state index in [0.29, 0.717) is 18.4 Å². The van der Waals surface area contributed by atoms with Crippen LogP contribution < -0.4 is 4.72 Å². The Labute approximate surface area is 96.4 Å². The van der Waals surface area contributed by atoms with Crippen LogP contribution in [0.15, 0.2) is 29.2 Å². The molecule has 0 amide bonds. The SMILES string of the molecule is CCC(O)Cc1ccccc1S(=O)(=O)NC. The molecule has 0 aliphatic heterocycles. The number of sulfonamides is 1. The average molecular weight is 243 g/mol. The van der Waals surface area contributed by atoms with Gasteiger partial charge in [-0.05, 0) is 31.5 Å². The van der Waals surface area contributed by atoms with Crippen molar-refractivity contribution < 1.29 is 13.5 Å². The highest BCUT2D eigenvalue weighted by atomic mass is 32.2. The predicted octanol–water partition coefficient (Wildman–Crippen LogP) is 0.908. The zero-order valence-corrected chi connectivity index (χ0v) is 10.3. The third kappa shape index (κ3) is 3.04. The molecule has 0 fully saturated rings. The van der Waals surface area contributed by atoms with E-state index < -0.39 is 16.1 Å². The van der Waals surface area contributed by atoms with Crippen LogP contribution in [-0.2, 0) is 16.4 Å². The van der Waals surface area contributed by atoms with Crippen LogP contribution in [0.1, 0.15) is 18.9 Å². The Morgan fingerprint density at radius 1 is 1.38 bits per heavy atom. The molecule has 0 spiro atoms. The number of aliphatic hydroxyl groups excluding tert-OH is 1. The quantitative estimate of drug-likeness (QED) is 0.807. The number of hydrogen-bond donors (Lipinski definition) is 2. The molecule has 0 aromatic heterocycles. The van der Waals surface area contributed by atoms with E-state index in [1.54, 1.807) is 24.3 Å². The minimum atomic E-state index is -3.44. The molecule has 0 saturated heterocycles. The molecular formula is C11H17NO3S. The molecule has 0 radical (unpaired) electrons. The molecule has 1 unspecified atom stereocenters. The highest BCUT2D eigenvalue weighted by molar-refractivity contribution is 7.89. The van der Waals surface area contributed by atoms with Gasteiger partial charge in [-0.3, -0.25) is 0 Å². The van der Waals surface area contributed by atoms with Gasteiger partial charge < -0.3 is 5.11 Å². The monoisotopic (exact) mass is 243 g/mol. The third-order valence-electron chi connectivity index (χ3n) is 2.46. The van der Waals surface area contributed by atoms with Crippen LogP contribution in [0, 0.1) is 0 Å². The maximum Gasteiger partial charge on any atom is 0.240 e. The van der Waals surface area contributed by atoms with Gasteiger partial charge in [0, 0.05) is 0 Å². The van der Waals surface area contributed by atoms with E-state index in [4.69, 9.17) is 0 Å². The first-order valence-electron chi connectivity index (χ1n) is 5.20. The summed E-state index contributed by atoms with van der Waals surface area (Å²) in [6.45, 7) is 1.86. The predicted molar refractivity (Wildman–Crippen MR) is 62.7 cm³/mol. The zero-order valence-electron chi connectivity index (χ0n) is 9.47. The molecule has 16 heavy (non-hydrogen) atoms. The Kier molecular flexibility index (Phi) is 4.46. The van der Waals surface area contributed by atoms with Gasteiger partial charge in [0.05, 0.1) is 11.0 Å². The highest BCUT2D eigenvalue weighted by Crippen LogP contribution is 2.17.